The molecule has 4 nitrogen and oxygen atoms in total. The summed E-state index contributed by atoms with van der Waals surface area (Å²) in [6.07, 6.45) is 0.879. The lowest BCUT2D eigenvalue weighted by Gasteiger charge is -2.33. The zero-order valence-electron chi connectivity index (χ0n) is 16.6. The van der Waals surface area contributed by atoms with E-state index in [1.54, 1.807) is 0 Å². The van der Waals surface area contributed by atoms with Crippen molar-refractivity contribution in [2.45, 2.75) is 72.6 Å². The Kier molecular flexibility index (Phi) is 4.32. The van der Waals surface area contributed by atoms with Crippen LogP contribution < -0.4 is 5.46 Å². The molecule has 1 fully saturated rings. The van der Waals surface area contributed by atoms with E-state index in [9.17, 15) is 4.79 Å². The molecule has 136 valence electrons. The molecule has 0 radical (unpaired) electrons. The molecule has 5 heteroatoms. The number of carbonyl (C=O) groups is 1. The van der Waals surface area contributed by atoms with E-state index in [0.29, 0.717) is 6.54 Å². The summed E-state index contributed by atoms with van der Waals surface area (Å²) in [7, 11) is -0.329. The van der Waals surface area contributed by atoms with Crippen molar-refractivity contribution in [3.05, 3.63) is 29.3 Å². The van der Waals surface area contributed by atoms with E-state index in [1.807, 2.05) is 25.7 Å². The minimum absolute atomic E-state index is 0.216. The SMILES string of the molecule is CC(C)(C)C(=O)N1CCc2cc(B3OC(C)(C)C(C)(C)O3)ccc2C1. The third-order valence-electron chi connectivity index (χ3n) is 5.70. The van der Waals surface area contributed by atoms with Gasteiger partial charge < -0.3 is 14.2 Å². The molecule has 1 amide bonds. The molecule has 0 saturated carbocycles. The van der Waals surface area contributed by atoms with E-state index in [2.05, 4.69) is 45.9 Å². The van der Waals surface area contributed by atoms with Gasteiger partial charge in [-0.05, 0) is 50.7 Å². The van der Waals surface area contributed by atoms with Crippen LogP contribution in [0.2, 0.25) is 0 Å². The van der Waals surface area contributed by atoms with E-state index in [0.717, 1.165) is 18.4 Å². The molecule has 1 aromatic carbocycles. The summed E-state index contributed by atoms with van der Waals surface area (Å²) in [5, 5.41) is 0. The maximum absolute atomic E-state index is 12.5. The number of hydrogen-bond acceptors (Lipinski definition) is 3. The highest BCUT2D eigenvalue weighted by atomic mass is 16.7. The minimum Gasteiger partial charge on any atom is -0.399 e. The molecular formula is C20H30BNO3. The molecule has 0 atom stereocenters. The second-order valence-electron chi connectivity index (χ2n) is 9.34. The lowest BCUT2D eigenvalue weighted by atomic mass is 9.77. The van der Waals surface area contributed by atoms with Gasteiger partial charge >= 0.3 is 7.12 Å². The second kappa shape index (κ2) is 5.85. The van der Waals surface area contributed by atoms with Gasteiger partial charge in [-0.15, -0.1) is 0 Å². The Labute approximate surface area is 152 Å². The smallest absolute Gasteiger partial charge is 0.399 e. The molecule has 25 heavy (non-hydrogen) atoms. The third kappa shape index (κ3) is 3.36. The summed E-state index contributed by atoms with van der Waals surface area (Å²) in [4.78, 5) is 14.5. The quantitative estimate of drug-likeness (QED) is 0.736. The maximum atomic E-state index is 12.5. The van der Waals surface area contributed by atoms with Gasteiger partial charge in [-0.3, -0.25) is 4.79 Å². The number of amides is 1. The van der Waals surface area contributed by atoms with Crippen molar-refractivity contribution < 1.29 is 14.1 Å². The van der Waals surface area contributed by atoms with Gasteiger partial charge in [0.1, 0.15) is 0 Å². The molecule has 0 spiro atoms. The zero-order chi connectivity index (χ0) is 18.6. The molecule has 0 aliphatic carbocycles. The number of hydrogen-bond donors (Lipinski definition) is 0. The first kappa shape index (κ1) is 18.5. The monoisotopic (exact) mass is 343 g/mol. The fourth-order valence-corrected chi connectivity index (χ4v) is 3.35. The number of nitrogens with zero attached hydrogens (tertiary/aromatic N) is 1. The van der Waals surface area contributed by atoms with Crippen LogP contribution in [0.3, 0.4) is 0 Å². The number of benzene rings is 1. The van der Waals surface area contributed by atoms with E-state index in [4.69, 9.17) is 9.31 Å². The minimum atomic E-state index is -0.333. The highest BCUT2D eigenvalue weighted by Crippen LogP contribution is 2.36. The van der Waals surface area contributed by atoms with Gasteiger partial charge in [0.05, 0.1) is 11.2 Å². The maximum Gasteiger partial charge on any atom is 0.494 e. The second-order valence-corrected chi connectivity index (χ2v) is 9.34. The largest absolute Gasteiger partial charge is 0.494 e. The van der Waals surface area contributed by atoms with Gasteiger partial charge in [-0.25, -0.2) is 0 Å². The van der Waals surface area contributed by atoms with Gasteiger partial charge in [0.2, 0.25) is 5.91 Å². The molecule has 0 aromatic heterocycles. The van der Waals surface area contributed by atoms with Gasteiger partial charge in [0, 0.05) is 18.5 Å². The molecule has 1 saturated heterocycles. The van der Waals surface area contributed by atoms with Crippen LogP contribution in [0, 0.1) is 5.41 Å². The molecule has 2 aliphatic heterocycles. The van der Waals surface area contributed by atoms with Crippen molar-refractivity contribution in [2.24, 2.45) is 5.41 Å². The van der Waals surface area contributed by atoms with Crippen LogP contribution in [0.25, 0.3) is 0 Å². The Bertz CT molecular complexity index is 675. The molecule has 0 bridgehead atoms. The summed E-state index contributed by atoms with van der Waals surface area (Å²) in [6.45, 7) is 15.7. The summed E-state index contributed by atoms with van der Waals surface area (Å²) in [5.41, 5.74) is 2.59. The molecular weight excluding hydrogens is 313 g/mol. The van der Waals surface area contributed by atoms with Gasteiger partial charge in [-0.2, -0.15) is 0 Å². The zero-order valence-corrected chi connectivity index (χ0v) is 16.6. The first-order chi connectivity index (χ1) is 11.4. The Morgan fingerprint density at radius 2 is 1.68 bits per heavy atom. The van der Waals surface area contributed by atoms with E-state index in [1.165, 1.54) is 11.1 Å². The average Bonchev–Trinajstić information content (AvgIpc) is 2.72. The van der Waals surface area contributed by atoms with Crippen molar-refractivity contribution in [1.29, 1.82) is 0 Å². The highest BCUT2D eigenvalue weighted by molar-refractivity contribution is 6.62. The van der Waals surface area contributed by atoms with Crippen molar-refractivity contribution in [3.63, 3.8) is 0 Å². The third-order valence-corrected chi connectivity index (χ3v) is 5.70. The molecule has 0 unspecified atom stereocenters. The number of rotatable bonds is 1. The van der Waals surface area contributed by atoms with Gasteiger partial charge in [0.15, 0.2) is 0 Å². The summed E-state index contributed by atoms with van der Waals surface area (Å²) < 4.78 is 12.3. The number of carbonyl (C=O) groups excluding carboxylic acids is 1. The highest BCUT2D eigenvalue weighted by Gasteiger charge is 2.51. The van der Waals surface area contributed by atoms with Crippen molar-refractivity contribution in [1.82, 2.24) is 4.90 Å². The molecule has 2 aliphatic rings. The van der Waals surface area contributed by atoms with Crippen molar-refractivity contribution in [3.8, 4) is 0 Å². The normalized spacial score (nSPS) is 22.0. The summed E-state index contributed by atoms with van der Waals surface area (Å²) in [6, 6.07) is 6.39. The van der Waals surface area contributed by atoms with Crippen LogP contribution in [0.1, 0.15) is 59.6 Å². The first-order valence-corrected chi connectivity index (χ1v) is 9.17. The lowest BCUT2D eigenvalue weighted by Crippen LogP contribution is -2.43. The van der Waals surface area contributed by atoms with E-state index < -0.39 is 0 Å². The Balaban J connectivity index is 1.79. The predicted octanol–water partition coefficient (Wildman–Crippen LogP) is 2.92. The Hall–Kier alpha value is -1.33. The van der Waals surface area contributed by atoms with Crippen molar-refractivity contribution >= 4 is 18.5 Å². The first-order valence-electron chi connectivity index (χ1n) is 9.17. The topological polar surface area (TPSA) is 38.8 Å². The molecule has 3 rings (SSSR count). The van der Waals surface area contributed by atoms with E-state index >= 15 is 0 Å². The Morgan fingerprint density at radius 1 is 1.08 bits per heavy atom. The molecule has 2 heterocycles. The molecule has 0 N–H and O–H groups in total. The van der Waals surface area contributed by atoms with Gasteiger partial charge in [0.25, 0.3) is 0 Å². The number of fused-ring (bicyclic) bond motifs is 1. The van der Waals surface area contributed by atoms with Crippen LogP contribution >= 0.6 is 0 Å². The van der Waals surface area contributed by atoms with Gasteiger partial charge in [-0.1, -0.05) is 39.0 Å². The lowest BCUT2D eigenvalue weighted by molar-refractivity contribution is -0.140. The fourth-order valence-electron chi connectivity index (χ4n) is 3.35. The summed E-state index contributed by atoms with van der Waals surface area (Å²) >= 11 is 0. The average molecular weight is 343 g/mol. The fraction of sp³-hybridized carbons (Fsp3) is 0.650. The van der Waals surface area contributed by atoms with Crippen LogP contribution in [-0.2, 0) is 27.1 Å². The standard InChI is InChI=1S/C20H30BNO3/c1-18(2,3)17(23)22-11-10-14-12-16(9-8-15(14)13-22)21-24-19(4,5)20(6,7)25-21/h8-9,12H,10-11,13H2,1-7H3. The van der Waals surface area contributed by atoms with Crippen LogP contribution in [0.5, 0.6) is 0 Å². The van der Waals surface area contributed by atoms with E-state index in [-0.39, 0.29) is 29.6 Å². The van der Waals surface area contributed by atoms with Crippen LogP contribution in [0.4, 0.5) is 0 Å². The van der Waals surface area contributed by atoms with Crippen LogP contribution in [-0.4, -0.2) is 35.7 Å². The Morgan fingerprint density at radius 3 is 2.24 bits per heavy atom. The summed E-state index contributed by atoms with van der Waals surface area (Å²) in [5.74, 6) is 0.216. The predicted molar refractivity (Wildman–Crippen MR) is 101 cm³/mol. The molecule has 1 aromatic rings. The van der Waals surface area contributed by atoms with Crippen molar-refractivity contribution in [2.75, 3.05) is 6.54 Å². The van der Waals surface area contributed by atoms with Crippen LogP contribution in [0.15, 0.2) is 18.2 Å².